The number of halogens is 1. The molecule has 0 radical (unpaired) electrons. The molecule has 0 spiro atoms. The third kappa shape index (κ3) is 2.04. The highest BCUT2D eigenvalue weighted by Gasteiger charge is 2.17. The predicted octanol–water partition coefficient (Wildman–Crippen LogP) is 2.62. The Morgan fingerprint density at radius 2 is 1.83 bits per heavy atom. The normalized spacial score (nSPS) is 11.8. The molecular weight excluding hydrogens is 170 g/mol. The van der Waals surface area contributed by atoms with Crippen molar-refractivity contribution in [2.45, 2.75) is 26.2 Å². The summed E-state index contributed by atoms with van der Waals surface area (Å²) in [5.41, 5.74) is 0.663. The molecule has 1 atom stereocenters. The van der Waals surface area contributed by atoms with E-state index in [1.807, 2.05) is 32.9 Å². The standard InChI is InChI=1S/C10H14FP/c1-10(2,3)8-5-4-7(12)6-9(8)11/h4-6H,12H2,1-3H3. The molecule has 0 nitrogen and oxygen atoms in total. The SMILES string of the molecule is CC(C)(C)c1ccc(P)cc1F. The number of benzene rings is 1. The van der Waals surface area contributed by atoms with Crippen molar-refractivity contribution in [2.75, 3.05) is 0 Å². The predicted molar refractivity (Wildman–Crippen MR) is 54.4 cm³/mol. The molecule has 12 heavy (non-hydrogen) atoms. The average Bonchev–Trinajstić information content (AvgIpc) is 1.83. The van der Waals surface area contributed by atoms with Gasteiger partial charge in [0.2, 0.25) is 0 Å². The van der Waals surface area contributed by atoms with Gasteiger partial charge in [-0.25, -0.2) is 4.39 Å². The van der Waals surface area contributed by atoms with Crippen molar-refractivity contribution in [3.63, 3.8) is 0 Å². The zero-order valence-corrected chi connectivity index (χ0v) is 8.84. The van der Waals surface area contributed by atoms with Crippen LogP contribution >= 0.6 is 9.24 Å². The first-order chi connectivity index (χ1) is 5.41. The third-order valence-corrected chi connectivity index (χ3v) is 2.16. The van der Waals surface area contributed by atoms with Gasteiger partial charge in [-0.15, -0.1) is 9.24 Å². The van der Waals surface area contributed by atoms with E-state index in [1.54, 1.807) is 6.07 Å². The molecule has 0 saturated carbocycles. The van der Waals surface area contributed by atoms with E-state index in [-0.39, 0.29) is 11.2 Å². The molecule has 0 bridgehead atoms. The first kappa shape index (κ1) is 9.67. The Balaban J connectivity index is 3.19. The Morgan fingerprint density at radius 1 is 1.25 bits per heavy atom. The van der Waals surface area contributed by atoms with E-state index < -0.39 is 0 Å². The van der Waals surface area contributed by atoms with E-state index in [1.165, 1.54) is 0 Å². The van der Waals surface area contributed by atoms with Crippen molar-refractivity contribution < 1.29 is 4.39 Å². The summed E-state index contributed by atoms with van der Waals surface area (Å²) in [5.74, 6) is -0.116. The van der Waals surface area contributed by atoms with Gasteiger partial charge in [-0.2, -0.15) is 0 Å². The quantitative estimate of drug-likeness (QED) is 0.544. The summed E-state index contributed by atoms with van der Waals surface area (Å²) in [5, 5.41) is 0.889. The molecule has 0 N–H and O–H groups in total. The molecule has 2 heteroatoms. The van der Waals surface area contributed by atoms with E-state index in [0.717, 1.165) is 10.9 Å². The fraction of sp³-hybridized carbons (Fsp3) is 0.400. The summed E-state index contributed by atoms with van der Waals surface area (Å²) < 4.78 is 13.3. The van der Waals surface area contributed by atoms with Crippen LogP contribution in [0.5, 0.6) is 0 Å². The van der Waals surface area contributed by atoms with E-state index in [9.17, 15) is 4.39 Å². The van der Waals surface area contributed by atoms with E-state index in [0.29, 0.717) is 0 Å². The zero-order valence-electron chi connectivity index (χ0n) is 7.69. The summed E-state index contributed by atoms with van der Waals surface area (Å²) in [4.78, 5) is 0. The highest BCUT2D eigenvalue weighted by molar-refractivity contribution is 7.27. The molecule has 0 amide bonds. The minimum atomic E-state index is -0.116. The number of rotatable bonds is 0. The van der Waals surface area contributed by atoms with Crippen LogP contribution in [0.15, 0.2) is 18.2 Å². The summed E-state index contributed by atoms with van der Waals surface area (Å²) in [7, 11) is 2.49. The lowest BCUT2D eigenvalue weighted by atomic mass is 9.87. The van der Waals surface area contributed by atoms with Gasteiger partial charge >= 0.3 is 0 Å². The Hall–Kier alpha value is -0.420. The van der Waals surface area contributed by atoms with Gasteiger partial charge in [0.15, 0.2) is 0 Å². The molecule has 1 aromatic rings. The Labute approximate surface area is 75.4 Å². The minimum Gasteiger partial charge on any atom is -0.207 e. The van der Waals surface area contributed by atoms with E-state index in [2.05, 4.69) is 9.24 Å². The molecule has 0 aliphatic heterocycles. The van der Waals surface area contributed by atoms with Gasteiger partial charge in [-0.1, -0.05) is 32.9 Å². The van der Waals surface area contributed by atoms with Crippen molar-refractivity contribution in [2.24, 2.45) is 0 Å². The van der Waals surface area contributed by atoms with Crippen molar-refractivity contribution in [3.05, 3.63) is 29.6 Å². The lowest BCUT2D eigenvalue weighted by molar-refractivity contribution is 0.523. The maximum absolute atomic E-state index is 13.3. The second kappa shape index (κ2) is 3.14. The van der Waals surface area contributed by atoms with E-state index in [4.69, 9.17) is 0 Å². The Morgan fingerprint density at radius 3 is 2.25 bits per heavy atom. The lowest BCUT2D eigenvalue weighted by Crippen LogP contribution is -2.14. The van der Waals surface area contributed by atoms with Crippen LogP contribution in [0.4, 0.5) is 4.39 Å². The van der Waals surface area contributed by atoms with Gasteiger partial charge < -0.3 is 0 Å². The molecule has 0 aliphatic carbocycles. The zero-order chi connectivity index (χ0) is 9.35. The first-order valence-electron chi connectivity index (χ1n) is 3.97. The van der Waals surface area contributed by atoms with Gasteiger partial charge in [-0.3, -0.25) is 0 Å². The van der Waals surface area contributed by atoms with Crippen LogP contribution in [0.1, 0.15) is 26.3 Å². The molecule has 1 aromatic carbocycles. The Kier molecular flexibility index (Phi) is 2.53. The summed E-state index contributed by atoms with van der Waals surface area (Å²) in [6.07, 6.45) is 0. The molecule has 0 heterocycles. The van der Waals surface area contributed by atoms with Crippen LogP contribution in [0.2, 0.25) is 0 Å². The fourth-order valence-corrected chi connectivity index (χ4v) is 1.38. The highest BCUT2D eigenvalue weighted by Crippen LogP contribution is 2.24. The molecule has 0 aliphatic rings. The van der Waals surface area contributed by atoms with Crippen LogP contribution in [0, 0.1) is 5.82 Å². The first-order valence-corrected chi connectivity index (χ1v) is 4.54. The van der Waals surface area contributed by atoms with Crippen molar-refractivity contribution in [1.82, 2.24) is 0 Å². The van der Waals surface area contributed by atoms with Gasteiger partial charge in [0.25, 0.3) is 0 Å². The molecular formula is C10H14FP. The summed E-state index contributed by atoms with van der Waals surface area (Å²) >= 11 is 0. The van der Waals surface area contributed by atoms with Gasteiger partial charge in [0.1, 0.15) is 5.82 Å². The Bertz CT molecular complexity index is 286. The van der Waals surface area contributed by atoms with Gasteiger partial charge in [0, 0.05) is 0 Å². The largest absolute Gasteiger partial charge is 0.207 e. The second-order valence-corrected chi connectivity index (χ2v) is 4.66. The maximum Gasteiger partial charge on any atom is 0.127 e. The topological polar surface area (TPSA) is 0 Å². The molecule has 66 valence electrons. The average molecular weight is 184 g/mol. The van der Waals surface area contributed by atoms with Crippen molar-refractivity contribution in [3.8, 4) is 0 Å². The molecule has 0 aromatic heterocycles. The lowest BCUT2D eigenvalue weighted by Gasteiger charge is -2.19. The summed E-state index contributed by atoms with van der Waals surface area (Å²) in [6.45, 7) is 6.02. The molecule has 1 rings (SSSR count). The third-order valence-electron chi connectivity index (χ3n) is 1.80. The molecule has 0 fully saturated rings. The number of hydrogen-bond donors (Lipinski definition) is 0. The minimum absolute atomic E-state index is 0.109. The highest BCUT2D eigenvalue weighted by atomic mass is 31.0. The van der Waals surface area contributed by atoms with Crippen LogP contribution < -0.4 is 5.30 Å². The van der Waals surface area contributed by atoms with Crippen molar-refractivity contribution >= 4 is 14.5 Å². The van der Waals surface area contributed by atoms with Gasteiger partial charge in [0.05, 0.1) is 0 Å². The fourth-order valence-electron chi connectivity index (χ4n) is 1.14. The van der Waals surface area contributed by atoms with Crippen molar-refractivity contribution in [1.29, 1.82) is 0 Å². The monoisotopic (exact) mass is 184 g/mol. The van der Waals surface area contributed by atoms with Crippen LogP contribution in [-0.4, -0.2) is 0 Å². The van der Waals surface area contributed by atoms with Crippen LogP contribution in [0.25, 0.3) is 0 Å². The van der Waals surface area contributed by atoms with Crippen LogP contribution in [0.3, 0.4) is 0 Å². The molecule has 0 saturated heterocycles. The van der Waals surface area contributed by atoms with Gasteiger partial charge in [-0.05, 0) is 22.3 Å². The maximum atomic E-state index is 13.3. The second-order valence-electron chi connectivity index (χ2n) is 3.99. The summed E-state index contributed by atoms with van der Waals surface area (Å²) in [6, 6.07) is 5.30. The van der Waals surface area contributed by atoms with Crippen LogP contribution in [-0.2, 0) is 5.41 Å². The van der Waals surface area contributed by atoms with E-state index >= 15 is 0 Å². The molecule has 1 unspecified atom stereocenters. The smallest absolute Gasteiger partial charge is 0.127 e. The number of hydrogen-bond acceptors (Lipinski definition) is 0.